The van der Waals surface area contributed by atoms with Crippen LogP contribution in [0.15, 0.2) is 23.8 Å². The number of aliphatic hydroxyl groups is 2. The van der Waals surface area contributed by atoms with Crippen molar-refractivity contribution in [2.75, 3.05) is 12.3 Å². The van der Waals surface area contributed by atoms with Crippen molar-refractivity contribution in [1.82, 2.24) is 39.5 Å². The zero-order valence-corrected chi connectivity index (χ0v) is 16.8. The number of ether oxygens (including phenoxy) is 1. The molecule has 0 radical (unpaired) electrons. The fourth-order valence-electron chi connectivity index (χ4n) is 3.02. The van der Waals surface area contributed by atoms with Gasteiger partial charge in [-0.1, -0.05) is 12.2 Å². The van der Waals surface area contributed by atoms with Crippen LogP contribution in [0.3, 0.4) is 0 Å². The third kappa shape index (κ3) is 3.56. The number of anilines is 1. The molecule has 4 atom stereocenters. The quantitative estimate of drug-likeness (QED) is 0.151. The highest BCUT2D eigenvalue weighted by Crippen LogP contribution is 2.34. The SMILES string of the molecule is Nc1nc2c(ncn2[C@@H]2O[C@H](CO)[C@@H](O)[C@H]2S)c(=O)[nH]1.S=c1nc[nH]c2nc[nH]c12. The Morgan fingerprint density at radius 2 is 2.07 bits per heavy atom. The van der Waals surface area contributed by atoms with Crippen molar-refractivity contribution in [2.45, 2.75) is 23.7 Å². The molecular weight excluding hydrogens is 434 g/mol. The molecule has 5 rings (SSSR count). The van der Waals surface area contributed by atoms with Crippen LogP contribution in [0.4, 0.5) is 5.95 Å². The molecule has 0 bridgehead atoms. The van der Waals surface area contributed by atoms with Gasteiger partial charge in [0.1, 0.15) is 11.6 Å². The van der Waals surface area contributed by atoms with E-state index in [-0.39, 0.29) is 23.7 Å². The van der Waals surface area contributed by atoms with Gasteiger partial charge in [0.05, 0.1) is 36.9 Å². The first-order valence-corrected chi connectivity index (χ1v) is 9.54. The van der Waals surface area contributed by atoms with Crippen LogP contribution < -0.4 is 11.3 Å². The Hall–Kier alpha value is -2.85. The van der Waals surface area contributed by atoms with Crippen LogP contribution in [0.1, 0.15) is 6.23 Å². The Morgan fingerprint density at radius 3 is 2.77 bits per heavy atom. The summed E-state index contributed by atoms with van der Waals surface area (Å²) in [4.78, 5) is 35.6. The predicted molar refractivity (Wildman–Crippen MR) is 111 cm³/mol. The van der Waals surface area contributed by atoms with E-state index < -0.39 is 29.2 Å². The maximum absolute atomic E-state index is 11.7. The molecule has 0 aliphatic carbocycles. The number of nitrogens with two attached hydrogens (primary N) is 1. The Bertz CT molecular complexity index is 1300. The highest BCUT2D eigenvalue weighted by molar-refractivity contribution is 7.81. The summed E-state index contributed by atoms with van der Waals surface area (Å²) in [5, 5.41) is 18.4. The van der Waals surface area contributed by atoms with E-state index in [1.54, 1.807) is 6.33 Å². The molecule has 1 aliphatic rings. The molecule has 7 N–H and O–H groups in total. The van der Waals surface area contributed by atoms with E-state index in [2.05, 4.69) is 47.5 Å². The van der Waals surface area contributed by atoms with E-state index in [0.717, 1.165) is 11.2 Å². The van der Waals surface area contributed by atoms with Gasteiger partial charge in [0.25, 0.3) is 5.56 Å². The number of nitrogens with one attached hydrogen (secondary N) is 3. The molecule has 0 amide bonds. The van der Waals surface area contributed by atoms with E-state index in [1.165, 1.54) is 17.2 Å². The molecular formula is C15H17N9O4S2. The third-order valence-corrected chi connectivity index (χ3v) is 5.35. The summed E-state index contributed by atoms with van der Waals surface area (Å²) in [6.07, 6.45) is 2.09. The number of nitrogens with zero attached hydrogens (tertiary/aromatic N) is 5. The van der Waals surface area contributed by atoms with Gasteiger partial charge in [-0.15, -0.1) is 0 Å². The average molecular weight is 451 g/mol. The van der Waals surface area contributed by atoms with Gasteiger partial charge in [-0.05, 0) is 0 Å². The van der Waals surface area contributed by atoms with Gasteiger partial charge in [0.2, 0.25) is 5.95 Å². The summed E-state index contributed by atoms with van der Waals surface area (Å²) in [7, 11) is 0. The summed E-state index contributed by atoms with van der Waals surface area (Å²) in [5.74, 6) is -0.0442. The standard InChI is InChI=1S/C10H13N5O4S.C5H4N4S/c11-10-13-7-4(8(18)14-10)12-2-15(7)9-6(20)5(17)3(1-16)19-9;10-5-3-4(7-1-6-3)8-2-9-5/h2-3,5-6,9,16-17,20H,1H2,(H3,11,13,14,18);1-2H,(H2,6,7,8,9,10)/t3-,5-,6-,9-;/m1./s1. The topological polar surface area (TPSA) is 197 Å². The minimum atomic E-state index is -0.940. The molecule has 0 spiro atoms. The fraction of sp³-hybridized carbons (Fsp3) is 0.333. The Morgan fingerprint density at radius 1 is 1.30 bits per heavy atom. The fourth-order valence-corrected chi connectivity index (χ4v) is 3.64. The number of H-pyrrole nitrogens is 3. The minimum absolute atomic E-state index is 0.0442. The van der Waals surface area contributed by atoms with Crippen molar-refractivity contribution in [2.24, 2.45) is 0 Å². The lowest BCUT2D eigenvalue weighted by atomic mass is 10.2. The number of nitrogen functional groups attached to an aromatic ring is 1. The second-order valence-corrected chi connectivity index (χ2v) is 7.32. The van der Waals surface area contributed by atoms with E-state index in [0.29, 0.717) is 4.64 Å². The number of hydrogen-bond acceptors (Lipinski definition) is 11. The zero-order chi connectivity index (χ0) is 21.4. The van der Waals surface area contributed by atoms with Crippen molar-refractivity contribution < 1.29 is 14.9 Å². The summed E-state index contributed by atoms with van der Waals surface area (Å²) < 4.78 is 7.54. The molecule has 13 nitrogen and oxygen atoms in total. The number of hydrogen-bond donors (Lipinski definition) is 7. The van der Waals surface area contributed by atoms with E-state index in [4.69, 9.17) is 27.8 Å². The highest BCUT2D eigenvalue weighted by Gasteiger charge is 2.43. The highest BCUT2D eigenvalue weighted by atomic mass is 32.1. The van der Waals surface area contributed by atoms with Gasteiger partial charge in [0, 0.05) is 0 Å². The smallest absolute Gasteiger partial charge is 0.280 e. The van der Waals surface area contributed by atoms with Gasteiger partial charge in [-0.3, -0.25) is 14.3 Å². The Kier molecular flexibility index (Phi) is 5.52. The van der Waals surface area contributed by atoms with Crippen molar-refractivity contribution in [3.63, 3.8) is 0 Å². The van der Waals surface area contributed by atoms with Crippen molar-refractivity contribution in [3.05, 3.63) is 34.0 Å². The van der Waals surface area contributed by atoms with Crippen molar-refractivity contribution in [3.8, 4) is 0 Å². The molecule has 0 aromatic carbocycles. The molecule has 158 valence electrons. The second-order valence-electron chi connectivity index (χ2n) is 6.34. The van der Waals surface area contributed by atoms with Crippen LogP contribution >= 0.6 is 24.8 Å². The van der Waals surface area contributed by atoms with Gasteiger partial charge in [-0.2, -0.15) is 17.6 Å². The Balaban J connectivity index is 0.000000181. The monoisotopic (exact) mass is 451 g/mol. The van der Waals surface area contributed by atoms with Crippen molar-refractivity contribution in [1.29, 1.82) is 0 Å². The van der Waals surface area contributed by atoms with Crippen LogP contribution in [0.2, 0.25) is 0 Å². The lowest BCUT2D eigenvalue weighted by Crippen LogP contribution is -2.30. The summed E-state index contributed by atoms with van der Waals surface area (Å²) in [5.41, 5.74) is 6.94. The number of imidazole rings is 2. The van der Waals surface area contributed by atoms with Crippen molar-refractivity contribution >= 4 is 53.1 Å². The van der Waals surface area contributed by atoms with Gasteiger partial charge in [-0.25, -0.2) is 15.0 Å². The molecule has 1 saturated heterocycles. The maximum Gasteiger partial charge on any atom is 0.280 e. The number of thiol groups is 1. The summed E-state index contributed by atoms with van der Waals surface area (Å²) in [6, 6.07) is 0. The summed E-state index contributed by atoms with van der Waals surface area (Å²) >= 11 is 9.18. The largest absolute Gasteiger partial charge is 0.394 e. The molecule has 4 aromatic heterocycles. The molecule has 4 aromatic rings. The average Bonchev–Trinajstić information content (AvgIpc) is 3.42. The first-order chi connectivity index (χ1) is 14.4. The molecule has 15 heteroatoms. The lowest BCUT2D eigenvalue weighted by Gasteiger charge is -2.16. The normalized spacial score (nSPS) is 23.6. The number of aromatic nitrogens is 8. The maximum atomic E-state index is 11.7. The van der Waals surface area contributed by atoms with Crippen LogP contribution in [-0.2, 0) is 4.74 Å². The number of rotatable bonds is 2. The van der Waals surface area contributed by atoms with Crippen LogP contribution in [0, 0.1) is 4.64 Å². The van der Waals surface area contributed by atoms with Gasteiger partial charge >= 0.3 is 0 Å². The zero-order valence-electron chi connectivity index (χ0n) is 15.1. The van der Waals surface area contributed by atoms with E-state index in [9.17, 15) is 9.90 Å². The Labute approximate surface area is 177 Å². The first-order valence-electron chi connectivity index (χ1n) is 8.62. The lowest BCUT2D eigenvalue weighted by molar-refractivity contribution is -0.0430. The molecule has 30 heavy (non-hydrogen) atoms. The third-order valence-electron chi connectivity index (χ3n) is 4.48. The molecule has 5 heterocycles. The molecule has 1 fully saturated rings. The number of aliphatic hydroxyl groups excluding tert-OH is 2. The van der Waals surface area contributed by atoms with E-state index in [1.807, 2.05) is 0 Å². The van der Waals surface area contributed by atoms with E-state index >= 15 is 0 Å². The van der Waals surface area contributed by atoms with Crippen LogP contribution in [0.5, 0.6) is 0 Å². The molecule has 0 saturated carbocycles. The minimum Gasteiger partial charge on any atom is -0.394 e. The molecule has 1 aliphatic heterocycles. The predicted octanol–water partition coefficient (Wildman–Crippen LogP) is -0.734. The molecule has 0 unspecified atom stereocenters. The number of aromatic amines is 3. The number of fused-ring (bicyclic) bond motifs is 2. The first kappa shape index (κ1) is 20.4. The van der Waals surface area contributed by atoms with Crippen LogP contribution in [-0.4, -0.2) is 73.7 Å². The van der Waals surface area contributed by atoms with Gasteiger partial charge in [0.15, 0.2) is 27.7 Å². The van der Waals surface area contributed by atoms with Gasteiger partial charge < -0.3 is 30.7 Å². The second kappa shape index (κ2) is 8.11. The van der Waals surface area contributed by atoms with Crippen LogP contribution in [0.25, 0.3) is 22.3 Å². The summed E-state index contributed by atoms with van der Waals surface area (Å²) in [6.45, 7) is -0.336.